The van der Waals surface area contributed by atoms with Crippen LogP contribution in [-0.4, -0.2) is 65.4 Å². The highest BCUT2D eigenvalue weighted by atomic mass is 32.1. The molecule has 1 saturated heterocycles. The van der Waals surface area contributed by atoms with E-state index in [-0.39, 0.29) is 11.8 Å². The maximum absolute atomic E-state index is 12.8. The summed E-state index contributed by atoms with van der Waals surface area (Å²) in [6.07, 6.45) is 3.97. The molecule has 0 bridgehead atoms. The van der Waals surface area contributed by atoms with Gasteiger partial charge < -0.3 is 14.8 Å². The summed E-state index contributed by atoms with van der Waals surface area (Å²) < 4.78 is 2.02. The lowest BCUT2D eigenvalue weighted by molar-refractivity contribution is 0.0638. The number of carbonyl (C=O) groups excluding carboxylic acids is 2. The zero-order valence-corrected chi connectivity index (χ0v) is 17.0. The molecule has 150 valence electrons. The Bertz CT molecular complexity index is 928. The smallest absolute Gasteiger partial charge is 0.261 e. The molecule has 2 amide bonds. The van der Waals surface area contributed by atoms with Crippen LogP contribution in [0.3, 0.4) is 0 Å². The lowest BCUT2D eigenvalue weighted by Crippen LogP contribution is -2.50. The van der Waals surface area contributed by atoms with Gasteiger partial charge >= 0.3 is 0 Å². The molecular formula is C22H24N4O2S. The number of piperazine rings is 1. The number of amides is 2. The van der Waals surface area contributed by atoms with Gasteiger partial charge in [0.2, 0.25) is 0 Å². The zero-order valence-electron chi connectivity index (χ0n) is 16.2. The molecule has 1 N–H and O–H groups in total. The Kier molecular flexibility index (Phi) is 6.07. The third kappa shape index (κ3) is 4.75. The predicted octanol–water partition coefficient (Wildman–Crippen LogP) is 2.73. The fourth-order valence-corrected chi connectivity index (χ4v) is 4.10. The summed E-state index contributed by atoms with van der Waals surface area (Å²) in [5.41, 5.74) is 1.76. The normalized spacial score (nSPS) is 14.7. The first-order valence-electron chi connectivity index (χ1n) is 9.77. The number of hydrogen-bond acceptors (Lipinski definition) is 4. The third-order valence-electron chi connectivity index (χ3n) is 5.13. The summed E-state index contributed by atoms with van der Waals surface area (Å²) in [5, 5.41) is 4.86. The van der Waals surface area contributed by atoms with Gasteiger partial charge in [0.25, 0.3) is 11.8 Å². The summed E-state index contributed by atoms with van der Waals surface area (Å²) >= 11 is 1.45. The highest BCUT2D eigenvalue weighted by Gasteiger charge is 2.22. The molecular weight excluding hydrogens is 384 g/mol. The maximum Gasteiger partial charge on any atom is 0.261 e. The van der Waals surface area contributed by atoms with Crippen molar-refractivity contribution in [1.29, 1.82) is 0 Å². The van der Waals surface area contributed by atoms with Crippen molar-refractivity contribution in [3.8, 4) is 5.69 Å². The Morgan fingerprint density at radius 2 is 1.66 bits per heavy atom. The van der Waals surface area contributed by atoms with Gasteiger partial charge in [-0.2, -0.15) is 0 Å². The van der Waals surface area contributed by atoms with E-state index in [9.17, 15) is 9.59 Å². The van der Waals surface area contributed by atoms with E-state index in [0.717, 1.165) is 35.8 Å². The third-order valence-corrected chi connectivity index (χ3v) is 6.00. The number of benzene rings is 1. The van der Waals surface area contributed by atoms with Gasteiger partial charge in [-0.15, -0.1) is 11.3 Å². The highest BCUT2D eigenvalue weighted by Crippen LogP contribution is 2.13. The molecule has 0 spiro atoms. The van der Waals surface area contributed by atoms with Crippen molar-refractivity contribution in [2.24, 2.45) is 0 Å². The van der Waals surface area contributed by atoms with Crippen molar-refractivity contribution in [3.63, 3.8) is 0 Å². The van der Waals surface area contributed by atoms with Crippen LogP contribution in [-0.2, 0) is 0 Å². The number of nitrogens with one attached hydrogen (secondary N) is 1. The summed E-state index contributed by atoms with van der Waals surface area (Å²) in [6.45, 7) is 4.47. The zero-order chi connectivity index (χ0) is 20.1. The van der Waals surface area contributed by atoms with Crippen molar-refractivity contribution in [2.45, 2.75) is 0 Å². The van der Waals surface area contributed by atoms with Gasteiger partial charge in [0.05, 0.1) is 4.88 Å². The SMILES string of the molecule is O=C(NCCN1CCN(C(=O)c2ccc(-n3cccc3)cc2)CC1)c1cccs1. The molecule has 2 aromatic heterocycles. The molecule has 7 heteroatoms. The fraction of sp³-hybridized carbons (Fsp3) is 0.273. The molecule has 4 rings (SSSR count). The topological polar surface area (TPSA) is 57.6 Å². The number of thiophene rings is 1. The van der Waals surface area contributed by atoms with E-state index in [1.165, 1.54) is 11.3 Å². The van der Waals surface area contributed by atoms with Crippen LogP contribution < -0.4 is 5.32 Å². The summed E-state index contributed by atoms with van der Waals surface area (Å²) in [5.74, 6) is 0.0619. The summed E-state index contributed by atoms with van der Waals surface area (Å²) in [6, 6.07) is 15.4. The molecule has 1 aliphatic rings. The number of hydrogen-bond donors (Lipinski definition) is 1. The minimum atomic E-state index is -0.0165. The molecule has 1 aromatic carbocycles. The number of nitrogens with zero attached hydrogens (tertiary/aromatic N) is 3. The average Bonchev–Trinajstić information content (AvgIpc) is 3.48. The van der Waals surface area contributed by atoms with Crippen molar-refractivity contribution < 1.29 is 9.59 Å². The summed E-state index contributed by atoms with van der Waals surface area (Å²) in [7, 11) is 0. The van der Waals surface area contributed by atoms with Crippen LogP contribution in [0.5, 0.6) is 0 Å². The van der Waals surface area contributed by atoms with E-state index < -0.39 is 0 Å². The lowest BCUT2D eigenvalue weighted by Gasteiger charge is -2.34. The van der Waals surface area contributed by atoms with Gasteiger partial charge in [-0.05, 0) is 47.8 Å². The van der Waals surface area contributed by atoms with Gasteiger partial charge in [-0.25, -0.2) is 0 Å². The first-order chi connectivity index (χ1) is 14.2. The highest BCUT2D eigenvalue weighted by molar-refractivity contribution is 7.12. The Hall–Kier alpha value is -2.90. The summed E-state index contributed by atoms with van der Waals surface area (Å²) in [4.78, 5) is 29.7. The van der Waals surface area contributed by atoms with Crippen LogP contribution in [0.1, 0.15) is 20.0 Å². The van der Waals surface area contributed by atoms with Crippen molar-refractivity contribution in [1.82, 2.24) is 19.7 Å². The number of rotatable bonds is 6. The maximum atomic E-state index is 12.8. The molecule has 29 heavy (non-hydrogen) atoms. The molecule has 0 aliphatic carbocycles. The molecule has 3 heterocycles. The minimum Gasteiger partial charge on any atom is -0.350 e. The van der Waals surface area contributed by atoms with E-state index in [0.29, 0.717) is 19.6 Å². The second-order valence-corrected chi connectivity index (χ2v) is 7.95. The van der Waals surface area contributed by atoms with Gasteiger partial charge in [-0.3, -0.25) is 14.5 Å². The Balaban J connectivity index is 1.23. The Morgan fingerprint density at radius 1 is 0.931 bits per heavy atom. The predicted molar refractivity (Wildman–Crippen MR) is 115 cm³/mol. The minimum absolute atomic E-state index is 0.0165. The first kappa shape index (κ1) is 19.4. The van der Waals surface area contributed by atoms with Gasteiger partial charge in [-0.1, -0.05) is 6.07 Å². The molecule has 0 saturated carbocycles. The van der Waals surface area contributed by atoms with Crippen LogP contribution in [0.2, 0.25) is 0 Å². The fourth-order valence-electron chi connectivity index (χ4n) is 3.46. The van der Waals surface area contributed by atoms with Crippen LogP contribution >= 0.6 is 11.3 Å². The molecule has 0 radical (unpaired) electrons. The molecule has 3 aromatic rings. The van der Waals surface area contributed by atoms with E-state index >= 15 is 0 Å². The molecule has 1 aliphatic heterocycles. The Morgan fingerprint density at radius 3 is 2.31 bits per heavy atom. The van der Waals surface area contributed by atoms with Crippen LogP contribution in [0.25, 0.3) is 5.69 Å². The average molecular weight is 409 g/mol. The molecule has 1 fully saturated rings. The van der Waals surface area contributed by atoms with E-state index in [1.807, 2.05) is 75.8 Å². The number of carbonyl (C=O) groups is 2. The van der Waals surface area contributed by atoms with E-state index in [2.05, 4.69) is 10.2 Å². The monoisotopic (exact) mass is 408 g/mol. The molecule has 0 atom stereocenters. The molecule has 0 unspecified atom stereocenters. The van der Waals surface area contributed by atoms with Crippen molar-refractivity contribution in [2.75, 3.05) is 39.3 Å². The largest absolute Gasteiger partial charge is 0.350 e. The van der Waals surface area contributed by atoms with E-state index in [1.54, 1.807) is 0 Å². The quantitative estimate of drug-likeness (QED) is 0.682. The molecule has 6 nitrogen and oxygen atoms in total. The van der Waals surface area contributed by atoms with Gasteiger partial charge in [0.15, 0.2) is 0 Å². The second-order valence-electron chi connectivity index (χ2n) is 7.00. The van der Waals surface area contributed by atoms with Gasteiger partial charge in [0, 0.05) is 62.9 Å². The lowest BCUT2D eigenvalue weighted by atomic mass is 10.1. The van der Waals surface area contributed by atoms with Gasteiger partial charge in [0.1, 0.15) is 0 Å². The van der Waals surface area contributed by atoms with Crippen LogP contribution in [0.15, 0.2) is 66.3 Å². The van der Waals surface area contributed by atoms with Crippen molar-refractivity contribution in [3.05, 3.63) is 76.7 Å². The standard InChI is InChI=1S/C22H24N4O2S/c27-21(20-4-3-17-29-20)23-9-12-24-13-15-26(16-14-24)22(28)18-5-7-19(8-6-18)25-10-1-2-11-25/h1-8,10-11,17H,9,12-16H2,(H,23,27). The van der Waals surface area contributed by atoms with Crippen LogP contribution in [0.4, 0.5) is 0 Å². The second kappa shape index (κ2) is 9.07. The Labute approximate surface area is 174 Å². The van der Waals surface area contributed by atoms with E-state index in [4.69, 9.17) is 0 Å². The van der Waals surface area contributed by atoms with Crippen LogP contribution in [0, 0.1) is 0 Å². The number of aromatic nitrogens is 1. The first-order valence-corrected chi connectivity index (χ1v) is 10.7. The van der Waals surface area contributed by atoms with Crippen molar-refractivity contribution >= 4 is 23.2 Å².